The highest BCUT2D eigenvalue weighted by atomic mass is 16.7. The van der Waals surface area contributed by atoms with Crippen molar-refractivity contribution in [2.24, 2.45) is 0 Å². The van der Waals surface area contributed by atoms with Crippen LogP contribution in [-0.4, -0.2) is 50.9 Å². The molecule has 0 unspecified atom stereocenters. The molecule has 0 aromatic heterocycles. The lowest BCUT2D eigenvalue weighted by atomic mass is 10.1. The number of carbonyl (C=O) groups excluding carboxylic acids is 2. The molecule has 0 amide bonds. The van der Waals surface area contributed by atoms with Gasteiger partial charge in [-0.25, -0.2) is 14.4 Å². The number of esters is 2. The lowest BCUT2D eigenvalue weighted by Crippen LogP contribution is -2.41. The first-order chi connectivity index (χ1) is 13.2. The molecular weight excluding hydrogens is 378 g/mol. The Kier molecular flexibility index (Phi) is 7.82. The van der Waals surface area contributed by atoms with E-state index in [1.165, 1.54) is 26.8 Å². The second-order valence-corrected chi connectivity index (χ2v) is 8.02. The van der Waals surface area contributed by atoms with Crippen LogP contribution < -0.4 is 0 Å². The summed E-state index contributed by atoms with van der Waals surface area (Å²) in [7, 11) is 0. The number of nitrogens with zero attached hydrogens (tertiary/aromatic N) is 1. The summed E-state index contributed by atoms with van der Waals surface area (Å²) in [6.07, 6.45) is 7.80. The van der Waals surface area contributed by atoms with E-state index in [9.17, 15) is 19.5 Å². The van der Waals surface area contributed by atoms with Crippen molar-refractivity contribution in [2.45, 2.75) is 59.3 Å². The summed E-state index contributed by atoms with van der Waals surface area (Å²) in [4.78, 5) is 36.6. The van der Waals surface area contributed by atoms with Crippen molar-refractivity contribution >= 4 is 17.9 Å². The van der Waals surface area contributed by atoms with Gasteiger partial charge >= 0.3 is 17.9 Å². The van der Waals surface area contributed by atoms with E-state index in [4.69, 9.17) is 14.6 Å². The first-order valence-electron chi connectivity index (χ1n) is 9.15. The molecule has 0 bridgehead atoms. The normalized spacial score (nSPS) is 17.8. The van der Waals surface area contributed by atoms with Crippen molar-refractivity contribution in [2.75, 3.05) is 6.54 Å². The number of aliphatic carboxylic acids is 1. The molecule has 0 atom stereocenters. The van der Waals surface area contributed by atoms with Gasteiger partial charge in [-0.3, -0.25) is 0 Å². The minimum absolute atomic E-state index is 0.244. The molecule has 1 aliphatic heterocycles. The number of ether oxygens (including phenoxy) is 2. The van der Waals surface area contributed by atoms with Crippen LogP contribution in [0.15, 0.2) is 47.4 Å². The average Bonchev–Trinajstić information content (AvgIpc) is 2.54. The zero-order valence-electron chi connectivity index (χ0n) is 17.7. The minimum Gasteiger partial charge on any atom is -0.508 e. The van der Waals surface area contributed by atoms with Gasteiger partial charge in [-0.1, -0.05) is 6.08 Å². The molecule has 2 N–H and O–H groups in total. The van der Waals surface area contributed by atoms with Crippen molar-refractivity contribution in [3.63, 3.8) is 0 Å². The maximum atomic E-state index is 11.9. The van der Waals surface area contributed by atoms with Crippen LogP contribution in [0.3, 0.4) is 0 Å². The number of rotatable bonds is 7. The molecule has 8 nitrogen and oxygen atoms in total. The summed E-state index contributed by atoms with van der Waals surface area (Å²) in [6.45, 7) is 11.0. The van der Waals surface area contributed by atoms with Crippen LogP contribution in [-0.2, 0) is 23.9 Å². The van der Waals surface area contributed by atoms with E-state index in [1.807, 2.05) is 25.7 Å². The second kappa shape index (κ2) is 9.45. The average molecular weight is 407 g/mol. The van der Waals surface area contributed by atoms with Crippen LogP contribution in [0.2, 0.25) is 0 Å². The van der Waals surface area contributed by atoms with Crippen LogP contribution in [0, 0.1) is 0 Å². The zero-order valence-corrected chi connectivity index (χ0v) is 17.7. The Balaban J connectivity index is 2.88. The molecule has 0 aromatic carbocycles. The summed E-state index contributed by atoms with van der Waals surface area (Å²) >= 11 is 0. The van der Waals surface area contributed by atoms with E-state index < -0.39 is 29.3 Å². The van der Waals surface area contributed by atoms with Gasteiger partial charge in [0.15, 0.2) is 0 Å². The summed E-state index contributed by atoms with van der Waals surface area (Å²) < 4.78 is 9.93. The van der Waals surface area contributed by atoms with E-state index in [0.29, 0.717) is 13.0 Å². The number of hydrogen-bond donors (Lipinski definition) is 2. The molecule has 0 radical (unpaired) electrons. The predicted molar refractivity (Wildman–Crippen MR) is 107 cm³/mol. The number of cyclic esters (lactones) is 2. The van der Waals surface area contributed by atoms with Crippen molar-refractivity contribution in [1.29, 1.82) is 0 Å². The number of carboxylic acid groups (broad SMARTS) is 1. The molecular formula is C21H29NO7. The summed E-state index contributed by atoms with van der Waals surface area (Å²) in [5.41, 5.74) is -0.360. The Hall–Kier alpha value is -3.03. The molecule has 1 rings (SSSR count). The lowest BCUT2D eigenvalue weighted by molar-refractivity contribution is -0.222. The standard InChI is InChI=1S/C21H29NO7/c1-14(17(24)25)9-7-11-22(20(2,3)4)12-8-10-15(23)13-16-18(26)28-21(5,6)29-19(16)27/h8-10,12-13,23H,7,11H2,1-6H3,(H,24,25)/b12-8+,14-9?,15-10-. The molecule has 1 heterocycles. The Morgan fingerprint density at radius 2 is 1.69 bits per heavy atom. The smallest absolute Gasteiger partial charge is 0.348 e. The predicted octanol–water partition coefficient (Wildman–Crippen LogP) is 3.23. The van der Waals surface area contributed by atoms with Gasteiger partial charge in [0.1, 0.15) is 11.3 Å². The van der Waals surface area contributed by atoms with Crippen LogP contribution in [0.1, 0.15) is 48.0 Å². The van der Waals surface area contributed by atoms with Crippen LogP contribution in [0.5, 0.6) is 0 Å². The third-order valence-corrected chi connectivity index (χ3v) is 3.96. The number of carbonyl (C=O) groups is 3. The second-order valence-electron chi connectivity index (χ2n) is 8.02. The highest BCUT2D eigenvalue weighted by molar-refractivity contribution is 6.15. The van der Waals surface area contributed by atoms with Gasteiger partial charge in [0.25, 0.3) is 5.79 Å². The molecule has 160 valence electrons. The van der Waals surface area contributed by atoms with Crippen LogP contribution in [0.25, 0.3) is 0 Å². The Bertz CT molecular complexity index is 757. The third-order valence-electron chi connectivity index (χ3n) is 3.96. The van der Waals surface area contributed by atoms with Gasteiger partial charge in [-0.2, -0.15) is 0 Å². The van der Waals surface area contributed by atoms with E-state index in [1.54, 1.807) is 18.4 Å². The SMILES string of the molecule is CC(=CCCN(/C=C/C=C(\O)C=C1C(=O)OC(C)(C)OC1=O)C(C)(C)C)C(=O)O. The maximum absolute atomic E-state index is 11.9. The number of aliphatic hydroxyl groups excluding tert-OH is 1. The summed E-state index contributed by atoms with van der Waals surface area (Å²) in [5, 5.41) is 18.9. The first-order valence-corrected chi connectivity index (χ1v) is 9.15. The van der Waals surface area contributed by atoms with E-state index >= 15 is 0 Å². The van der Waals surface area contributed by atoms with Gasteiger partial charge in [0, 0.05) is 37.6 Å². The fourth-order valence-electron chi connectivity index (χ4n) is 2.36. The zero-order chi connectivity index (χ0) is 22.4. The fraction of sp³-hybridized carbons (Fsp3) is 0.476. The monoisotopic (exact) mass is 407 g/mol. The maximum Gasteiger partial charge on any atom is 0.348 e. The molecule has 0 aliphatic carbocycles. The molecule has 29 heavy (non-hydrogen) atoms. The van der Waals surface area contributed by atoms with Gasteiger partial charge in [-0.15, -0.1) is 0 Å². The van der Waals surface area contributed by atoms with E-state index in [2.05, 4.69) is 0 Å². The third kappa shape index (κ3) is 7.85. The number of hydrogen-bond acceptors (Lipinski definition) is 7. The Morgan fingerprint density at radius 1 is 1.14 bits per heavy atom. The van der Waals surface area contributed by atoms with Gasteiger partial charge in [0.05, 0.1) is 0 Å². The molecule has 1 saturated heterocycles. The highest BCUT2D eigenvalue weighted by Gasteiger charge is 2.38. The molecule has 0 saturated carbocycles. The molecule has 1 aliphatic rings. The van der Waals surface area contributed by atoms with Crippen LogP contribution in [0.4, 0.5) is 0 Å². The summed E-state index contributed by atoms with van der Waals surface area (Å²) in [6, 6.07) is 0. The molecule has 1 fully saturated rings. The first kappa shape index (κ1) is 24.0. The quantitative estimate of drug-likeness (QED) is 0.217. The molecule has 0 spiro atoms. The fourth-order valence-corrected chi connectivity index (χ4v) is 2.36. The van der Waals surface area contributed by atoms with Crippen molar-refractivity contribution < 1.29 is 34.1 Å². The lowest BCUT2D eigenvalue weighted by Gasteiger charge is -2.34. The Labute approximate surface area is 170 Å². The molecule has 8 heteroatoms. The topological polar surface area (TPSA) is 113 Å². The number of allylic oxidation sites excluding steroid dienone is 3. The minimum atomic E-state index is -1.34. The van der Waals surface area contributed by atoms with E-state index in [-0.39, 0.29) is 16.9 Å². The van der Waals surface area contributed by atoms with E-state index in [0.717, 1.165) is 6.08 Å². The molecule has 0 aromatic rings. The Morgan fingerprint density at radius 3 is 2.17 bits per heavy atom. The van der Waals surface area contributed by atoms with Gasteiger partial charge in [0.2, 0.25) is 0 Å². The van der Waals surface area contributed by atoms with Crippen molar-refractivity contribution in [3.8, 4) is 0 Å². The number of carboxylic acids is 1. The summed E-state index contributed by atoms with van der Waals surface area (Å²) in [5.74, 6) is -4.35. The largest absolute Gasteiger partial charge is 0.508 e. The highest BCUT2D eigenvalue weighted by Crippen LogP contribution is 2.23. The van der Waals surface area contributed by atoms with Crippen molar-refractivity contribution in [3.05, 3.63) is 47.4 Å². The van der Waals surface area contributed by atoms with Gasteiger partial charge in [-0.05, 0) is 52.5 Å². The van der Waals surface area contributed by atoms with Gasteiger partial charge < -0.3 is 24.6 Å². The van der Waals surface area contributed by atoms with Crippen LogP contribution >= 0.6 is 0 Å². The number of aliphatic hydroxyl groups is 1. The van der Waals surface area contributed by atoms with Crippen molar-refractivity contribution in [1.82, 2.24) is 4.90 Å².